The van der Waals surface area contributed by atoms with Gasteiger partial charge >= 0.3 is 0 Å². The molecule has 1 aliphatic carbocycles. The van der Waals surface area contributed by atoms with E-state index in [9.17, 15) is 20.2 Å². The number of carbonyl (C=O) groups excluding carboxylic acids is 1. The van der Waals surface area contributed by atoms with Crippen molar-refractivity contribution in [1.29, 1.82) is 5.26 Å². The predicted octanol–water partition coefficient (Wildman–Crippen LogP) is 5.22. The highest BCUT2D eigenvalue weighted by atomic mass is 32.2. The first kappa shape index (κ1) is 22.7. The van der Waals surface area contributed by atoms with Gasteiger partial charge in [-0.15, -0.1) is 0 Å². The summed E-state index contributed by atoms with van der Waals surface area (Å²) in [5.41, 5.74) is 10.0. The molecule has 0 saturated heterocycles. The van der Waals surface area contributed by atoms with Crippen LogP contribution in [0.2, 0.25) is 0 Å². The Hall–Kier alpha value is -3.51. The molecular weight excluding hydrogens is 440 g/mol. The Labute approximate surface area is 195 Å². The summed E-state index contributed by atoms with van der Waals surface area (Å²) in [7, 11) is 0. The fraction of sp³-hybridized carbons (Fsp3) is 0.333. The third kappa shape index (κ3) is 3.80. The number of allylic oxidation sites excluding steroid dienone is 3. The fourth-order valence-electron chi connectivity index (χ4n) is 4.58. The lowest BCUT2D eigenvalue weighted by atomic mass is 9.76. The monoisotopic (exact) mass is 464 g/mol. The molecule has 1 aromatic carbocycles. The van der Waals surface area contributed by atoms with Crippen LogP contribution >= 0.6 is 11.8 Å². The Morgan fingerprint density at radius 3 is 2.76 bits per heavy atom. The van der Waals surface area contributed by atoms with Gasteiger partial charge in [0.2, 0.25) is 0 Å². The maximum atomic E-state index is 13.3. The van der Waals surface area contributed by atoms with Gasteiger partial charge in [0.25, 0.3) is 5.69 Å². The molecule has 1 aromatic heterocycles. The van der Waals surface area contributed by atoms with E-state index in [-0.39, 0.29) is 22.9 Å². The molecule has 2 aliphatic rings. The number of nitrogens with two attached hydrogens (primary N) is 1. The van der Waals surface area contributed by atoms with Crippen LogP contribution in [0, 0.1) is 35.3 Å². The van der Waals surface area contributed by atoms with Gasteiger partial charge in [-0.05, 0) is 44.1 Å². The molecule has 0 bridgehead atoms. The molecule has 0 saturated carbocycles. The number of aryl methyl sites for hydroxylation is 2. The van der Waals surface area contributed by atoms with Gasteiger partial charge in [-0.1, -0.05) is 24.8 Å². The molecule has 0 fully saturated rings. The molecule has 4 rings (SSSR count). The molecule has 2 aromatic rings. The van der Waals surface area contributed by atoms with E-state index in [1.54, 1.807) is 11.0 Å². The van der Waals surface area contributed by atoms with Gasteiger partial charge < -0.3 is 10.2 Å². The van der Waals surface area contributed by atoms with Crippen molar-refractivity contribution in [3.8, 4) is 6.07 Å². The van der Waals surface area contributed by atoms with Crippen LogP contribution in [0.5, 0.6) is 0 Å². The summed E-state index contributed by atoms with van der Waals surface area (Å²) in [6.07, 6.45) is 1.60. The zero-order chi connectivity index (χ0) is 23.9. The number of rotatable bonds is 5. The maximum absolute atomic E-state index is 13.3. The first-order valence-corrected chi connectivity index (χ1v) is 11.7. The van der Waals surface area contributed by atoms with Crippen LogP contribution in [-0.2, 0) is 4.79 Å². The lowest BCUT2D eigenvalue weighted by molar-refractivity contribution is -0.384. The second-order valence-corrected chi connectivity index (χ2v) is 9.31. The van der Waals surface area contributed by atoms with E-state index in [4.69, 9.17) is 10.2 Å². The predicted molar refractivity (Wildman–Crippen MR) is 126 cm³/mol. The number of carbonyl (C=O) groups is 1. The number of nitro benzene ring substituents is 1. The lowest BCUT2D eigenvalue weighted by Crippen LogP contribution is -2.39. The summed E-state index contributed by atoms with van der Waals surface area (Å²) in [4.78, 5) is 25.9. The zero-order valence-electron chi connectivity index (χ0n) is 18.7. The Kier molecular flexibility index (Phi) is 6.04. The van der Waals surface area contributed by atoms with E-state index in [2.05, 4.69) is 6.07 Å². The normalized spacial score (nSPS) is 18.4. The number of furan rings is 1. The molecule has 170 valence electrons. The van der Waals surface area contributed by atoms with Gasteiger partial charge in [0.15, 0.2) is 10.9 Å². The number of Topliss-reactive ketones (excluding diaryl/α,β-unsaturated/α-hetero) is 1. The van der Waals surface area contributed by atoms with Crippen LogP contribution in [0.3, 0.4) is 0 Å². The second kappa shape index (κ2) is 8.79. The molecule has 2 N–H and O–H groups in total. The van der Waals surface area contributed by atoms with Crippen molar-refractivity contribution in [3.05, 3.63) is 73.9 Å². The molecule has 9 heteroatoms. The number of anilines is 1. The second-order valence-electron chi connectivity index (χ2n) is 8.08. The van der Waals surface area contributed by atoms with Gasteiger partial charge in [-0.2, -0.15) is 5.26 Å². The number of nitriles is 1. The number of non-ortho nitro benzene ring substituents is 1. The highest BCUT2D eigenvalue weighted by molar-refractivity contribution is 7.99. The number of ketones is 1. The summed E-state index contributed by atoms with van der Waals surface area (Å²) in [5.74, 6) is 0.984. The molecule has 1 aliphatic heterocycles. The molecule has 33 heavy (non-hydrogen) atoms. The standard InChI is InChI=1S/C24H24N4O4S/c1-4-33-24-16(10-14(3)32-24)21-17(12-25)23(26)27(18-6-5-7-20(29)22(18)21)19-11-15(28(30)31)9-8-13(19)2/h8-11,21H,4-7,26H2,1-3H3. The molecule has 0 amide bonds. The van der Waals surface area contributed by atoms with Gasteiger partial charge in [-0.3, -0.25) is 19.8 Å². The van der Waals surface area contributed by atoms with E-state index in [1.165, 1.54) is 23.9 Å². The minimum atomic E-state index is -0.625. The molecular formula is C24H24N4O4S. The van der Waals surface area contributed by atoms with Gasteiger partial charge in [0.1, 0.15) is 11.6 Å². The van der Waals surface area contributed by atoms with Crippen molar-refractivity contribution in [1.82, 2.24) is 0 Å². The van der Waals surface area contributed by atoms with Crippen LogP contribution in [-0.4, -0.2) is 16.5 Å². The lowest BCUT2D eigenvalue weighted by Gasteiger charge is -2.40. The molecule has 2 heterocycles. The topological polar surface area (TPSA) is 126 Å². The number of benzene rings is 1. The van der Waals surface area contributed by atoms with E-state index >= 15 is 0 Å². The van der Waals surface area contributed by atoms with E-state index in [0.717, 1.165) is 16.9 Å². The van der Waals surface area contributed by atoms with Crippen LogP contribution in [0.15, 0.2) is 56.4 Å². The van der Waals surface area contributed by atoms with E-state index < -0.39 is 10.8 Å². The Balaban J connectivity index is 2.00. The minimum Gasteiger partial charge on any atom is -0.455 e. The number of nitro groups is 1. The van der Waals surface area contributed by atoms with Crippen molar-refractivity contribution in [2.24, 2.45) is 5.73 Å². The van der Waals surface area contributed by atoms with Gasteiger partial charge in [-0.25, -0.2) is 0 Å². The highest BCUT2D eigenvalue weighted by Crippen LogP contribution is 2.49. The highest BCUT2D eigenvalue weighted by Gasteiger charge is 2.42. The Morgan fingerprint density at radius 2 is 2.09 bits per heavy atom. The quantitative estimate of drug-likeness (QED) is 0.362. The molecule has 8 nitrogen and oxygen atoms in total. The zero-order valence-corrected chi connectivity index (χ0v) is 19.5. The van der Waals surface area contributed by atoms with Crippen molar-refractivity contribution in [2.75, 3.05) is 10.7 Å². The fourth-order valence-corrected chi connectivity index (χ4v) is 5.38. The van der Waals surface area contributed by atoms with Crippen LogP contribution in [0.1, 0.15) is 49.0 Å². The summed E-state index contributed by atoms with van der Waals surface area (Å²) in [6, 6.07) is 8.63. The molecule has 0 spiro atoms. The van der Waals surface area contributed by atoms with Crippen LogP contribution in [0.4, 0.5) is 11.4 Å². The Bertz CT molecular complexity index is 1270. The summed E-state index contributed by atoms with van der Waals surface area (Å²) in [6.45, 7) is 5.67. The SMILES string of the molecule is CCSc1oc(C)cc1C1C(C#N)=C(N)N(c2cc([N+](=O)[O-])ccc2C)C2=C1C(=O)CCC2. The summed E-state index contributed by atoms with van der Waals surface area (Å²) in [5, 5.41) is 22.3. The Morgan fingerprint density at radius 1 is 1.33 bits per heavy atom. The van der Waals surface area contributed by atoms with Crippen molar-refractivity contribution >= 4 is 28.9 Å². The third-order valence-corrected chi connectivity index (χ3v) is 6.86. The number of hydrogen-bond donors (Lipinski definition) is 1. The number of nitrogens with zero attached hydrogens (tertiary/aromatic N) is 3. The third-order valence-electron chi connectivity index (χ3n) is 5.99. The van der Waals surface area contributed by atoms with Crippen LogP contribution in [0.25, 0.3) is 0 Å². The minimum absolute atomic E-state index is 0.0408. The summed E-state index contributed by atoms with van der Waals surface area (Å²) < 4.78 is 5.89. The van der Waals surface area contributed by atoms with Crippen LogP contribution < -0.4 is 10.6 Å². The first-order chi connectivity index (χ1) is 15.8. The largest absolute Gasteiger partial charge is 0.455 e. The number of thioether (sulfide) groups is 1. The summed E-state index contributed by atoms with van der Waals surface area (Å²) >= 11 is 1.51. The molecule has 1 unspecified atom stereocenters. The first-order valence-electron chi connectivity index (χ1n) is 10.7. The van der Waals surface area contributed by atoms with E-state index in [1.807, 2.05) is 26.8 Å². The average Bonchev–Trinajstić information content (AvgIpc) is 3.13. The number of hydrogen-bond acceptors (Lipinski definition) is 8. The maximum Gasteiger partial charge on any atom is 0.271 e. The smallest absolute Gasteiger partial charge is 0.271 e. The van der Waals surface area contributed by atoms with Crippen molar-refractivity contribution in [2.45, 2.75) is 51.0 Å². The molecule has 1 atom stereocenters. The van der Waals surface area contributed by atoms with Crippen molar-refractivity contribution in [3.63, 3.8) is 0 Å². The average molecular weight is 465 g/mol. The van der Waals surface area contributed by atoms with E-state index in [0.29, 0.717) is 47.1 Å². The molecule has 0 radical (unpaired) electrons. The van der Waals surface area contributed by atoms with Gasteiger partial charge in [0.05, 0.1) is 28.2 Å². The van der Waals surface area contributed by atoms with Gasteiger partial charge in [0, 0.05) is 35.4 Å². The van der Waals surface area contributed by atoms with Crippen molar-refractivity contribution < 1.29 is 14.1 Å².